The number of para-hydroxylation sites is 2. The molecule has 3 aromatic rings. The van der Waals surface area contributed by atoms with E-state index in [0.29, 0.717) is 65.6 Å². The second-order valence-corrected chi connectivity index (χ2v) is 10.6. The van der Waals surface area contributed by atoms with Crippen LogP contribution in [0, 0.1) is 11.7 Å². The van der Waals surface area contributed by atoms with Crippen LogP contribution in [0.3, 0.4) is 0 Å². The van der Waals surface area contributed by atoms with Gasteiger partial charge in [-0.1, -0.05) is 35.9 Å². The van der Waals surface area contributed by atoms with Gasteiger partial charge in [-0.25, -0.2) is 4.39 Å². The summed E-state index contributed by atoms with van der Waals surface area (Å²) in [7, 11) is 0. The van der Waals surface area contributed by atoms with Crippen LogP contribution >= 0.6 is 11.6 Å². The highest BCUT2D eigenvalue weighted by Crippen LogP contribution is 2.37. The Bertz CT molecular complexity index is 1390. The molecule has 4 N–H and O–H groups in total. The third-order valence-electron chi connectivity index (χ3n) is 7.57. The molecule has 208 valence electrons. The number of nitrogens with two attached hydrogens (primary N) is 1. The highest BCUT2D eigenvalue weighted by Gasteiger charge is 2.42. The molecule has 9 heteroatoms. The number of nitrogens with zero attached hydrogens (tertiary/aromatic N) is 1. The number of likely N-dealkylation sites (tertiary alicyclic amines) is 1. The third kappa shape index (κ3) is 6.70. The summed E-state index contributed by atoms with van der Waals surface area (Å²) in [4.78, 5) is 28.1. The third-order valence-corrected chi connectivity index (χ3v) is 7.83. The van der Waals surface area contributed by atoms with Crippen LogP contribution in [-0.4, -0.2) is 49.1 Å². The number of hydrogen-bond donors (Lipinski definition) is 3. The minimum absolute atomic E-state index is 0.151. The Hall–Kier alpha value is -3.72. The van der Waals surface area contributed by atoms with E-state index in [1.807, 2.05) is 0 Å². The number of amides is 2. The van der Waals surface area contributed by atoms with Crippen molar-refractivity contribution in [3.05, 3.63) is 94.8 Å². The lowest BCUT2D eigenvalue weighted by molar-refractivity contribution is -0.120. The van der Waals surface area contributed by atoms with E-state index in [2.05, 4.69) is 15.5 Å². The molecule has 2 saturated heterocycles. The molecule has 2 amide bonds. The first kappa shape index (κ1) is 27.8. The van der Waals surface area contributed by atoms with Gasteiger partial charge in [0, 0.05) is 55.0 Å². The van der Waals surface area contributed by atoms with Crippen molar-refractivity contribution < 1.29 is 18.7 Å². The zero-order chi connectivity index (χ0) is 28.1. The quantitative estimate of drug-likeness (QED) is 0.259. The van der Waals surface area contributed by atoms with Crippen molar-refractivity contribution in [2.24, 2.45) is 5.92 Å². The number of benzene rings is 3. The number of ether oxygens (including phenoxy) is 1. The average molecular weight is 563 g/mol. The Morgan fingerprint density at radius 1 is 1.00 bits per heavy atom. The molecular formula is C31H32ClFN4O3. The molecule has 0 radical (unpaired) electrons. The van der Waals surface area contributed by atoms with Crippen molar-refractivity contribution in [3.8, 4) is 0 Å². The van der Waals surface area contributed by atoms with Gasteiger partial charge in [0.25, 0.3) is 0 Å². The van der Waals surface area contributed by atoms with E-state index in [9.17, 15) is 9.59 Å². The Morgan fingerprint density at radius 3 is 2.48 bits per heavy atom. The van der Waals surface area contributed by atoms with Gasteiger partial charge in [-0.3, -0.25) is 14.5 Å². The van der Waals surface area contributed by atoms with Crippen LogP contribution in [0.5, 0.6) is 0 Å². The van der Waals surface area contributed by atoms with Gasteiger partial charge in [0.15, 0.2) is 0 Å². The lowest BCUT2D eigenvalue weighted by Gasteiger charge is -2.31. The minimum atomic E-state index is -0.434. The molecule has 2 fully saturated rings. The summed E-state index contributed by atoms with van der Waals surface area (Å²) in [5.74, 6) is -1.68. The van der Waals surface area contributed by atoms with Crippen LogP contribution < -0.4 is 16.4 Å². The van der Waals surface area contributed by atoms with Crippen molar-refractivity contribution >= 4 is 46.6 Å². The lowest BCUT2D eigenvalue weighted by atomic mass is 9.87. The number of nitrogen functional groups attached to an aromatic ring is 1. The van der Waals surface area contributed by atoms with Crippen molar-refractivity contribution in [1.82, 2.24) is 4.90 Å². The van der Waals surface area contributed by atoms with E-state index in [1.54, 1.807) is 66.7 Å². The average Bonchev–Trinajstić information content (AvgIpc) is 3.40. The van der Waals surface area contributed by atoms with E-state index in [0.717, 1.165) is 12.8 Å². The summed E-state index contributed by atoms with van der Waals surface area (Å²) in [6.45, 7) is 2.50. The number of anilines is 3. The Labute approximate surface area is 238 Å². The van der Waals surface area contributed by atoms with Crippen LogP contribution in [0.25, 0.3) is 6.08 Å². The minimum Gasteiger partial charge on any atom is -0.397 e. The van der Waals surface area contributed by atoms with Crippen LogP contribution in [-0.2, 0) is 14.3 Å². The zero-order valence-electron chi connectivity index (χ0n) is 22.0. The fraction of sp³-hybridized carbons (Fsp3) is 0.290. The number of halogens is 2. The first-order chi connectivity index (χ1) is 19.4. The van der Waals surface area contributed by atoms with Crippen LogP contribution in [0.1, 0.15) is 29.9 Å². The molecular weight excluding hydrogens is 531 g/mol. The normalized spacial score (nSPS) is 20.1. The summed E-state index contributed by atoms with van der Waals surface area (Å²) >= 11 is 5.99. The van der Waals surface area contributed by atoms with Crippen LogP contribution in [0.15, 0.2) is 72.8 Å². The maximum absolute atomic E-state index is 15.6. The van der Waals surface area contributed by atoms with E-state index in [4.69, 9.17) is 22.1 Å². The number of nitrogens with one attached hydrogen (secondary N) is 2. The van der Waals surface area contributed by atoms with Crippen molar-refractivity contribution in [2.75, 3.05) is 42.7 Å². The molecule has 0 aromatic heterocycles. The second-order valence-electron chi connectivity index (χ2n) is 10.2. The summed E-state index contributed by atoms with van der Waals surface area (Å²) in [6.07, 6.45) is 4.67. The molecule has 5 rings (SSSR count). The second kappa shape index (κ2) is 12.6. The molecule has 0 saturated carbocycles. The number of carbonyl (C=O) groups is 2. The van der Waals surface area contributed by atoms with E-state index >= 15 is 4.39 Å². The smallest absolute Gasteiger partial charge is 0.248 e. The predicted octanol–water partition coefficient (Wildman–Crippen LogP) is 5.55. The lowest BCUT2D eigenvalue weighted by Crippen LogP contribution is -2.38. The highest BCUT2D eigenvalue weighted by molar-refractivity contribution is 6.30. The van der Waals surface area contributed by atoms with Crippen LogP contribution in [0.4, 0.5) is 21.5 Å². The first-order valence-electron chi connectivity index (χ1n) is 13.4. The van der Waals surface area contributed by atoms with E-state index in [1.165, 1.54) is 12.1 Å². The summed E-state index contributed by atoms with van der Waals surface area (Å²) in [5.41, 5.74) is 8.53. The summed E-state index contributed by atoms with van der Waals surface area (Å²) in [5, 5.41) is 6.29. The van der Waals surface area contributed by atoms with Gasteiger partial charge in [0.1, 0.15) is 5.82 Å². The van der Waals surface area contributed by atoms with Gasteiger partial charge in [-0.2, -0.15) is 0 Å². The molecule has 2 aliphatic rings. The zero-order valence-corrected chi connectivity index (χ0v) is 22.7. The number of carbonyl (C=O) groups excluding carboxylic acids is 2. The van der Waals surface area contributed by atoms with Crippen LogP contribution in [0.2, 0.25) is 5.02 Å². The Kier molecular flexibility index (Phi) is 8.79. The van der Waals surface area contributed by atoms with Gasteiger partial charge in [-0.05, 0) is 72.5 Å². The maximum Gasteiger partial charge on any atom is 0.248 e. The molecule has 0 bridgehead atoms. The monoisotopic (exact) mass is 562 g/mol. The van der Waals surface area contributed by atoms with Crippen molar-refractivity contribution in [2.45, 2.75) is 24.8 Å². The molecule has 2 atom stereocenters. The van der Waals surface area contributed by atoms with Gasteiger partial charge < -0.3 is 21.1 Å². The molecule has 7 nitrogen and oxygen atoms in total. The number of hydrogen-bond acceptors (Lipinski definition) is 5. The van der Waals surface area contributed by atoms with E-state index in [-0.39, 0.29) is 17.7 Å². The largest absolute Gasteiger partial charge is 0.397 e. The fourth-order valence-electron chi connectivity index (χ4n) is 5.44. The predicted molar refractivity (Wildman–Crippen MR) is 157 cm³/mol. The topological polar surface area (TPSA) is 96.7 Å². The van der Waals surface area contributed by atoms with Gasteiger partial charge in [0.05, 0.1) is 17.3 Å². The van der Waals surface area contributed by atoms with E-state index < -0.39 is 11.7 Å². The highest BCUT2D eigenvalue weighted by atomic mass is 35.5. The molecule has 40 heavy (non-hydrogen) atoms. The van der Waals surface area contributed by atoms with Crippen molar-refractivity contribution in [1.29, 1.82) is 0 Å². The molecule has 2 unspecified atom stereocenters. The molecule has 0 spiro atoms. The molecule has 0 aliphatic carbocycles. The SMILES string of the molecule is Nc1ccccc1NC(=O)C=Cc1ccc(C2CN(C3CCOCC3)CC2C(=O)Nc2ccc(Cl)cc2)c(F)c1. The Balaban J connectivity index is 1.33. The maximum atomic E-state index is 15.6. The molecule has 2 heterocycles. The van der Waals surface area contributed by atoms with Gasteiger partial charge in [-0.15, -0.1) is 0 Å². The first-order valence-corrected chi connectivity index (χ1v) is 13.8. The molecule has 2 aliphatic heterocycles. The standard InChI is InChI=1S/C31H32ClFN4O3/c32-21-7-9-22(10-8-21)35-31(39)26-19-37(23-13-15-40-16-14-23)18-25(26)24-11-5-20(17-27(24)33)6-12-30(38)36-29-4-2-1-3-28(29)34/h1-12,17,23,25-26H,13-16,18-19,34H2,(H,35,39)(H,36,38). The number of rotatable bonds is 7. The van der Waals surface area contributed by atoms with Gasteiger partial charge in [0.2, 0.25) is 11.8 Å². The van der Waals surface area contributed by atoms with Crippen molar-refractivity contribution in [3.63, 3.8) is 0 Å². The fourth-order valence-corrected chi connectivity index (χ4v) is 5.56. The molecule has 3 aromatic carbocycles. The van der Waals surface area contributed by atoms with Gasteiger partial charge >= 0.3 is 0 Å². The summed E-state index contributed by atoms with van der Waals surface area (Å²) < 4.78 is 21.1. The summed E-state index contributed by atoms with van der Waals surface area (Å²) in [6, 6.07) is 19.1. The Morgan fingerprint density at radius 2 is 1.75 bits per heavy atom.